The van der Waals surface area contributed by atoms with Crippen LogP contribution in [0.5, 0.6) is 0 Å². The van der Waals surface area contributed by atoms with E-state index in [1.54, 1.807) is 12.1 Å². The molecule has 0 amide bonds. The maximum absolute atomic E-state index is 13.1. The van der Waals surface area contributed by atoms with Gasteiger partial charge >= 0.3 is 0 Å². The predicted octanol–water partition coefficient (Wildman–Crippen LogP) is 3.26. The van der Waals surface area contributed by atoms with Crippen LogP contribution in [0.1, 0.15) is 24.4 Å². The van der Waals surface area contributed by atoms with Crippen molar-refractivity contribution < 1.29 is 4.39 Å². The Balaban J connectivity index is 2.32. The molecule has 1 N–H and O–H groups in total. The van der Waals surface area contributed by atoms with Gasteiger partial charge in [0.25, 0.3) is 0 Å². The maximum Gasteiger partial charge on any atom is 0.123 e. The van der Waals surface area contributed by atoms with Gasteiger partial charge in [-0.25, -0.2) is 4.39 Å². The van der Waals surface area contributed by atoms with Crippen LogP contribution in [-0.2, 0) is 0 Å². The van der Waals surface area contributed by atoms with Gasteiger partial charge in [-0.3, -0.25) is 0 Å². The number of hydrogen-bond donors (Lipinski definition) is 1. The van der Waals surface area contributed by atoms with Gasteiger partial charge in [0.2, 0.25) is 0 Å². The third-order valence-electron chi connectivity index (χ3n) is 2.70. The van der Waals surface area contributed by atoms with Gasteiger partial charge in [-0.15, -0.1) is 0 Å². The largest absolute Gasteiger partial charge is 0.313 e. The molecule has 0 aromatic heterocycles. The van der Waals surface area contributed by atoms with E-state index in [4.69, 9.17) is 0 Å². The van der Waals surface area contributed by atoms with Crippen molar-refractivity contribution in [2.24, 2.45) is 5.92 Å². The van der Waals surface area contributed by atoms with Crippen LogP contribution < -0.4 is 5.32 Å². The molecule has 0 heterocycles. The van der Waals surface area contributed by atoms with E-state index in [1.165, 1.54) is 18.9 Å². The molecule has 1 atom stereocenters. The third-order valence-corrected chi connectivity index (χ3v) is 3.42. The molecule has 0 bridgehead atoms. The van der Waals surface area contributed by atoms with Crippen molar-refractivity contribution >= 4 is 15.9 Å². The zero-order valence-corrected chi connectivity index (χ0v) is 9.64. The highest BCUT2D eigenvalue weighted by molar-refractivity contribution is 9.10. The summed E-state index contributed by atoms with van der Waals surface area (Å²) in [4.78, 5) is 0. The highest BCUT2D eigenvalue weighted by Crippen LogP contribution is 2.42. The average Bonchev–Trinajstić information content (AvgIpc) is 2.96. The van der Waals surface area contributed by atoms with Gasteiger partial charge in [0.1, 0.15) is 5.82 Å². The van der Waals surface area contributed by atoms with Crippen LogP contribution in [0, 0.1) is 11.7 Å². The summed E-state index contributed by atoms with van der Waals surface area (Å²) in [6.45, 7) is 0. The summed E-state index contributed by atoms with van der Waals surface area (Å²) in [5.41, 5.74) is 1.04. The van der Waals surface area contributed by atoms with Gasteiger partial charge in [-0.05, 0) is 49.6 Å². The molecule has 1 aliphatic carbocycles. The van der Waals surface area contributed by atoms with Crippen molar-refractivity contribution in [2.75, 3.05) is 7.05 Å². The predicted molar refractivity (Wildman–Crippen MR) is 58.6 cm³/mol. The molecule has 0 spiro atoms. The highest BCUT2D eigenvalue weighted by atomic mass is 79.9. The molecule has 1 unspecified atom stereocenters. The highest BCUT2D eigenvalue weighted by Gasteiger charge is 2.32. The summed E-state index contributed by atoms with van der Waals surface area (Å²) in [6.07, 6.45) is 2.49. The van der Waals surface area contributed by atoms with Crippen molar-refractivity contribution in [2.45, 2.75) is 18.9 Å². The van der Waals surface area contributed by atoms with E-state index < -0.39 is 0 Å². The average molecular weight is 258 g/mol. The van der Waals surface area contributed by atoms with E-state index in [1.807, 2.05) is 7.05 Å². The first kappa shape index (κ1) is 10.1. The lowest BCUT2D eigenvalue weighted by atomic mass is 10.0. The van der Waals surface area contributed by atoms with Gasteiger partial charge in [-0.2, -0.15) is 0 Å². The molecular formula is C11H13BrFN. The lowest BCUT2D eigenvalue weighted by molar-refractivity contribution is 0.521. The Morgan fingerprint density at radius 3 is 2.79 bits per heavy atom. The summed E-state index contributed by atoms with van der Waals surface area (Å²) >= 11 is 3.46. The van der Waals surface area contributed by atoms with Crippen molar-refractivity contribution in [1.82, 2.24) is 5.32 Å². The van der Waals surface area contributed by atoms with Crippen LogP contribution >= 0.6 is 15.9 Å². The Hall–Kier alpha value is -0.410. The van der Waals surface area contributed by atoms with Crippen LogP contribution in [0.15, 0.2) is 22.7 Å². The van der Waals surface area contributed by atoms with Gasteiger partial charge in [-0.1, -0.05) is 15.9 Å². The molecule has 14 heavy (non-hydrogen) atoms. The number of benzene rings is 1. The second kappa shape index (κ2) is 3.99. The van der Waals surface area contributed by atoms with E-state index in [0.29, 0.717) is 12.0 Å². The van der Waals surface area contributed by atoms with Crippen LogP contribution in [0.25, 0.3) is 0 Å². The smallest absolute Gasteiger partial charge is 0.123 e. The van der Waals surface area contributed by atoms with Gasteiger partial charge in [0.15, 0.2) is 0 Å². The molecule has 0 saturated heterocycles. The molecule has 1 fully saturated rings. The van der Waals surface area contributed by atoms with Crippen LogP contribution in [0.2, 0.25) is 0 Å². The minimum atomic E-state index is -0.163. The molecule has 2 rings (SSSR count). The molecule has 76 valence electrons. The summed E-state index contributed by atoms with van der Waals surface area (Å²) in [5.74, 6) is 0.516. The summed E-state index contributed by atoms with van der Waals surface area (Å²) in [5, 5.41) is 3.25. The fourth-order valence-corrected chi connectivity index (χ4v) is 2.32. The van der Waals surface area contributed by atoms with Crippen LogP contribution in [0.3, 0.4) is 0 Å². The first-order chi connectivity index (χ1) is 6.72. The SMILES string of the molecule is CNC(c1cc(F)ccc1Br)C1CC1. The van der Waals surface area contributed by atoms with Gasteiger partial charge in [0, 0.05) is 10.5 Å². The third kappa shape index (κ3) is 1.98. The topological polar surface area (TPSA) is 12.0 Å². The van der Waals surface area contributed by atoms with E-state index >= 15 is 0 Å². The van der Waals surface area contributed by atoms with E-state index in [2.05, 4.69) is 21.2 Å². The quantitative estimate of drug-likeness (QED) is 0.877. The van der Waals surface area contributed by atoms with E-state index in [0.717, 1.165) is 10.0 Å². The van der Waals surface area contributed by atoms with Crippen molar-refractivity contribution in [3.8, 4) is 0 Å². The van der Waals surface area contributed by atoms with Crippen molar-refractivity contribution in [3.05, 3.63) is 34.1 Å². The normalized spacial score (nSPS) is 18.2. The molecule has 1 nitrogen and oxygen atoms in total. The molecule has 1 aromatic carbocycles. The summed E-state index contributed by atoms with van der Waals surface area (Å²) in [6, 6.07) is 5.16. The minimum Gasteiger partial charge on any atom is -0.313 e. The minimum absolute atomic E-state index is 0.163. The molecule has 1 aliphatic rings. The molecule has 0 radical (unpaired) electrons. The first-order valence-corrected chi connectivity index (χ1v) is 5.64. The standard InChI is InChI=1S/C11H13BrFN/c1-14-11(7-2-3-7)9-6-8(13)4-5-10(9)12/h4-7,11,14H,2-3H2,1H3. The molecular weight excluding hydrogens is 245 g/mol. The number of nitrogens with one attached hydrogen (secondary N) is 1. The first-order valence-electron chi connectivity index (χ1n) is 4.84. The number of halogens is 2. The Morgan fingerprint density at radius 1 is 1.50 bits per heavy atom. The van der Waals surface area contributed by atoms with Crippen LogP contribution in [0.4, 0.5) is 4.39 Å². The van der Waals surface area contributed by atoms with Gasteiger partial charge in [0.05, 0.1) is 0 Å². The van der Waals surface area contributed by atoms with Crippen LogP contribution in [-0.4, -0.2) is 7.05 Å². The zero-order valence-electron chi connectivity index (χ0n) is 8.06. The summed E-state index contributed by atoms with van der Waals surface area (Å²) in [7, 11) is 1.93. The van der Waals surface area contributed by atoms with Crippen molar-refractivity contribution in [3.63, 3.8) is 0 Å². The molecule has 1 saturated carbocycles. The van der Waals surface area contributed by atoms with Gasteiger partial charge < -0.3 is 5.32 Å². The second-order valence-electron chi connectivity index (χ2n) is 3.77. The number of hydrogen-bond acceptors (Lipinski definition) is 1. The Morgan fingerprint density at radius 2 is 2.21 bits per heavy atom. The van der Waals surface area contributed by atoms with E-state index in [9.17, 15) is 4.39 Å². The molecule has 1 aromatic rings. The Bertz CT molecular complexity index is 336. The molecule has 3 heteroatoms. The summed E-state index contributed by atoms with van der Waals surface area (Å²) < 4.78 is 14.1. The lowest BCUT2D eigenvalue weighted by Crippen LogP contribution is -2.18. The fraction of sp³-hybridized carbons (Fsp3) is 0.455. The fourth-order valence-electron chi connectivity index (χ4n) is 1.83. The molecule has 0 aliphatic heterocycles. The second-order valence-corrected chi connectivity index (χ2v) is 4.62. The Kier molecular flexibility index (Phi) is 2.88. The monoisotopic (exact) mass is 257 g/mol. The van der Waals surface area contributed by atoms with Crippen molar-refractivity contribution in [1.29, 1.82) is 0 Å². The maximum atomic E-state index is 13.1. The number of rotatable bonds is 3. The zero-order chi connectivity index (χ0) is 10.1. The lowest BCUT2D eigenvalue weighted by Gasteiger charge is -2.17. The Labute approximate surface area is 91.8 Å². The van der Waals surface area contributed by atoms with E-state index in [-0.39, 0.29) is 5.82 Å².